The topological polar surface area (TPSA) is 72.0 Å². The third-order valence-corrected chi connectivity index (χ3v) is 1.12. The molecular weight excluding hydrogens is 158 g/mol. The van der Waals surface area contributed by atoms with Gasteiger partial charge in [-0.1, -0.05) is 0 Å². The Hall–Kier alpha value is -1.78. The molecule has 0 aromatic carbocycles. The van der Waals surface area contributed by atoms with Crippen molar-refractivity contribution in [1.29, 1.82) is 0 Å². The molecule has 1 aromatic rings. The number of aromatic nitrogens is 2. The lowest BCUT2D eigenvalue weighted by Gasteiger charge is -1.98. The molecule has 12 heavy (non-hydrogen) atoms. The van der Waals surface area contributed by atoms with Crippen molar-refractivity contribution in [3.8, 4) is 0 Å². The van der Waals surface area contributed by atoms with Gasteiger partial charge < -0.3 is 5.32 Å². The number of carbonyl (C=O) groups is 2. The second-order valence-electron chi connectivity index (χ2n) is 2.17. The highest BCUT2D eigenvalue weighted by molar-refractivity contribution is 5.88. The first-order chi connectivity index (χ1) is 5.72. The number of anilines is 1. The summed E-state index contributed by atoms with van der Waals surface area (Å²) < 4.78 is 0. The summed E-state index contributed by atoms with van der Waals surface area (Å²) in [5.74, 6) is 0.0412. The number of aldehydes is 1. The van der Waals surface area contributed by atoms with Crippen LogP contribution >= 0.6 is 0 Å². The van der Waals surface area contributed by atoms with E-state index in [9.17, 15) is 9.59 Å². The SMILES string of the molecule is CC(=O)Nc1cc(C=O)cnn1. The quantitative estimate of drug-likeness (QED) is 0.637. The van der Waals surface area contributed by atoms with Crippen LogP contribution in [-0.2, 0) is 4.79 Å². The number of nitrogens with zero attached hydrogens (tertiary/aromatic N) is 2. The molecule has 1 rings (SSSR count). The molecule has 5 heteroatoms. The minimum Gasteiger partial charge on any atom is -0.309 e. The maximum atomic E-state index is 10.5. The summed E-state index contributed by atoms with van der Waals surface area (Å²) in [6.45, 7) is 1.36. The Balaban J connectivity index is 2.86. The van der Waals surface area contributed by atoms with Gasteiger partial charge in [-0.15, -0.1) is 5.10 Å². The van der Waals surface area contributed by atoms with Crippen molar-refractivity contribution in [2.45, 2.75) is 6.92 Å². The third kappa shape index (κ3) is 2.12. The smallest absolute Gasteiger partial charge is 0.222 e. The lowest BCUT2D eigenvalue weighted by Crippen LogP contribution is -2.08. The van der Waals surface area contributed by atoms with Crippen LogP contribution in [0, 0.1) is 0 Å². The molecule has 0 aliphatic heterocycles. The van der Waals surface area contributed by atoms with Crippen molar-refractivity contribution in [1.82, 2.24) is 10.2 Å². The fourth-order valence-corrected chi connectivity index (χ4v) is 0.688. The van der Waals surface area contributed by atoms with Crippen LogP contribution in [0.3, 0.4) is 0 Å². The van der Waals surface area contributed by atoms with Crippen molar-refractivity contribution in [3.63, 3.8) is 0 Å². The Bertz CT molecular complexity index is 311. The van der Waals surface area contributed by atoms with E-state index < -0.39 is 0 Å². The normalized spacial score (nSPS) is 9.08. The van der Waals surface area contributed by atoms with Crippen LogP contribution in [0.5, 0.6) is 0 Å². The molecule has 1 N–H and O–H groups in total. The van der Waals surface area contributed by atoms with E-state index in [4.69, 9.17) is 0 Å². The van der Waals surface area contributed by atoms with E-state index in [1.165, 1.54) is 19.2 Å². The minimum absolute atomic E-state index is 0.243. The van der Waals surface area contributed by atoms with Crippen molar-refractivity contribution in [2.24, 2.45) is 0 Å². The fourth-order valence-electron chi connectivity index (χ4n) is 0.688. The first kappa shape index (κ1) is 8.32. The van der Waals surface area contributed by atoms with Gasteiger partial charge in [-0.25, -0.2) is 0 Å². The monoisotopic (exact) mass is 165 g/mol. The number of carbonyl (C=O) groups excluding carboxylic acids is 2. The number of hydrogen-bond acceptors (Lipinski definition) is 4. The van der Waals surface area contributed by atoms with Gasteiger partial charge in [0.05, 0.1) is 6.20 Å². The molecule has 1 aromatic heterocycles. The van der Waals surface area contributed by atoms with Crippen LogP contribution in [0.15, 0.2) is 12.3 Å². The molecule has 0 atom stereocenters. The molecule has 0 radical (unpaired) electrons. The van der Waals surface area contributed by atoms with E-state index in [1.54, 1.807) is 0 Å². The Morgan fingerprint density at radius 2 is 2.42 bits per heavy atom. The predicted molar refractivity (Wildman–Crippen MR) is 41.7 cm³/mol. The number of amides is 1. The average Bonchev–Trinajstić information content (AvgIpc) is 2.03. The standard InChI is InChI=1S/C7H7N3O2/c1-5(12)9-7-2-6(4-11)3-8-10-7/h2-4H,1H3,(H,9,10,12). The molecule has 5 nitrogen and oxygen atoms in total. The van der Waals surface area contributed by atoms with Gasteiger partial charge in [0.2, 0.25) is 5.91 Å². The second kappa shape index (κ2) is 3.56. The molecule has 0 unspecified atom stereocenters. The number of rotatable bonds is 2. The second-order valence-corrected chi connectivity index (χ2v) is 2.17. The van der Waals surface area contributed by atoms with Crippen LogP contribution < -0.4 is 5.32 Å². The first-order valence-electron chi connectivity index (χ1n) is 3.28. The van der Waals surface area contributed by atoms with Gasteiger partial charge in [-0.2, -0.15) is 5.10 Å². The molecular formula is C7H7N3O2. The van der Waals surface area contributed by atoms with E-state index in [0.29, 0.717) is 11.8 Å². The maximum absolute atomic E-state index is 10.5. The maximum Gasteiger partial charge on any atom is 0.222 e. The van der Waals surface area contributed by atoms with Crippen molar-refractivity contribution >= 4 is 18.0 Å². The molecule has 0 fully saturated rings. The molecule has 1 heterocycles. The third-order valence-electron chi connectivity index (χ3n) is 1.12. The van der Waals surface area contributed by atoms with Crippen LogP contribution in [0.2, 0.25) is 0 Å². The zero-order valence-corrected chi connectivity index (χ0v) is 6.44. The van der Waals surface area contributed by atoms with E-state index >= 15 is 0 Å². The first-order valence-corrected chi connectivity index (χ1v) is 3.28. The molecule has 0 aliphatic carbocycles. The molecule has 0 aliphatic rings. The van der Waals surface area contributed by atoms with E-state index in [-0.39, 0.29) is 11.7 Å². The van der Waals surface area contributed by atoms with Crippen LogP contribution in [0.4, 0.5) is 5.82 Å². The molecule has 0 saturated heterocycles. The Morgan fingerprint density at radius 1 is 1.67 bits per heavy atom. The lowest BCUT2D eigenvalue weighted by molar-refractivity contribution is -0.114. The van der Waals surface area contributed by atoms with Gasteiger partial charge >= 0.3 is 0 Å². The summed E-state index contributed by atoms with van der Waals surface area (Å²) in [5, 5.41) is 9.51. The fraction of sp³-hybridized carbons (Fsp3) is 0.143. The van der Waals surface area contributed by atoms with Crippen molar-refractivity contribution in [3.05, 3.63) is 17.8 Å². The van der Waals surface area contributed by atoms with E-state index in [2.05, 4.69) is 15.5 Å². The van der Waals surface area contributed by atoms with Crippen molar-refractivity contribution in [2.75, 3.05) is 5.32 Å². The Morgan fingerprint density at radius 3 is 3.00 bits per heavy atom. The molecule has 62 valence electrons. The van der Waals surface area contributed by atoms with E-state index in [1.807, 2.05) is 0 Å². The zero-order valence-electron chi connectivity index (χ0n) is 6.44. The summed E-state index contributed by atoms with van der Waals surface area (Å²) in [7, 11) is 0. The summed E-state index contributed by atoms with van der Waals surface area (Å²) >= 11 is 0. The number of nitrogens with one attached hydrogen (secondary N) is 1. The summed E-state index contributed by atoms with van der Waals surface area (Å²) in [4.78, 5) is 20.8. The minimum atomic E-state index is -0.243. The lowest BCUT2D eigenvalue weighted by atomic mass is 10.3. The molecule has 0 saturated carbocycles. The van der Waals surface area contributed by atoms with Crippen LogP contribution in [0.1, 0.15) is 17.3 Å². The van der Waals surface area contributed by atoms with Crippen LogP contribution in [0.25, 0.3) is 0 Å². The van der Waals surface area contributed by atoms with E-state index in [0.717, 1.165) is 0 Å². The Kier molecular flexibility index (Phi) is 2.47. The molecule has 0 bridgehead atoms. The van der Waals surface area contributed by atoms with Gasteiger partial charge in [0.15, 0.2) is 12.1 Å². The summed E-state index contributed by atoms with van der Waals surface area (Å²) in [5.41, 5.74) is 0.383. The van der Waals surface area contributed by atoms with Crippen LogP contribution in [-0.4, -0.2) is 22.4 Å². The van der Waals surface area contributed by atoms with Gasteiger partial charge in [0.25, 0.3) is 0 Å². The molecule has 1 amide bonds. The Labute approximate surface area is 68.8 Å². The van der Waals surface area contributed by atoms with Gasteiger partial charge in [0.1, 0.15) is 0 Å². The van der Waals surface area contributed by atoms with Gasteiger partial charge in [0, 0.05) is 12.5 Å². The molecule has 0 spiro atoms. The van der Waals surface area contributed by atoms with Gasteiger partial charge in [-0.3, -0.25) is 9.59 Å². The predicted octanol–water partition coefficient (Wildman–Crippen LogP) is 0.247. The van der Waals surface area contributed by atoms with Gasteiger partial charge in [-0.05, 0) is 6.07 Å². The highest BCUT2D eigenvalue weighted by Crippen LogP contribution is 2.01. The highest BCUT2D eigenvalue weighted by Gasteiger charge is 1.98. The average molecular weight is 165 g/mol. The highest BCUT2D eigenvalue weighted by atomic mass is 16.1. The largest absolute Gasteiger partial charge is 0.309 e. The summed E-state index contributed by atoms with van der Waals surface area (Å²) in [6, 6.07) is 1.45. The summed E-state index contributed by atoms with van der Waals surface area (Å²) in [6.07, 6.45) is 1.96. The van der Waals surface area contributed by atoms with Crippen molar-refractivity contribution < 1.29 is 9.59 Å². The number of hydrogen-bond donors (Lipinski definition) is 1. The zero-order chi connectivity index (χ0) is 8.97.